The van der Waals surface area contributed by atoms with Gasteiger partial charge in [0.1, 0.15) is 31.6 Å². The Morgan fingerprint density at radius 3 is 2.21 bits per heavy atom. The van der Waals surface area contributed by atoms with Gasteiger partial charge in [-0.15, -0.1) is 0 Å². The zero-order valence-corrected chi connectivity index (χ0v) is 28.1. The van der Waals surface area contributed by atoms with Crippen molar-refractivity contribution < 1.29 is 31.9 Å². The molecule has 252 valence electrons. The van der Waals surface area contributed by atoms with Crippen LogP contribution in [-0.4, -0.2) is 57.0 Å². The third kappa shape index (κ3) is 8.32. The van der Waals surface area contributed by atoms with Crippen molar-refractivity contribution in [2.45, 2.75) is 57.1 Å². The minimum atomic E-state index is -4.41. The van der Waals surface area contributed by atoms with E-state index in [1.807, 2.05) is 75.4 Å². The maximum absolute atomic E-state index is 14.6. The number of nitrogens with one attached hydrogen (secondary N) is 1. The van der Waals surface area contributed by atoms with Crippen molar-refractivity contribution in [2.75, 3.05) is 24.1 Å². The number of carbonyl (C=O) groups excluding carboxylic acids is 2. The molecule has 0 saturated carbocycles. The van der Waals surface area contributed by atoms with Crippen molar-refractivity contribution in [3.05, 3.63) is 120 Å². The van der Waals surface area contributed by atoms with E-state index in [1.54, 1.807) is 0 Å². The van der Waals surface area contributed by atoms with Crippen molar-refractivity contribution in [2.24, 2.45) is 0 Å². The van der Waals surface area contributed by atoms with Gasteiger partial charge in [-0.3, -0.25) is 13.9 Å². The van der Waals surface area contributed by atoms with Crippen LogP contribution < -0.4 is 19.1 Å². The lowest BCUT2D eigenvalue weighted by molar-refractivity contribution is -0.140. The van der Waals surface area contributed by atoms with E-state index in [2.05, 4.69) is 5.32 Å². The van der Waals surface area contributed by atoms with Gasteiger partial charge in [-0.1, -0.05) is 67.1 Å². The van der Waals surface area contributed by atoms with Crippen LogP contribution in [0, 0.1) is 12.7 Å². The molecule has 0 saturated heterocycles. The van der Waals surface area contributed by atoms with Crippen LogP contribution in [0.15, 0.2) is 102 Å². The molecular weight excluding hydrogens is 633 g/mol. The molecule has 0 fully saturated rings. The Kier molecular flexibility index (Phi) is 11.0. The lowest BCUT2D eigenvalue weighted by Gasteiger charge is -2.34. The summed E-state index contributed by atoms with van der Waals surface area (Å²) in [7, 11) is -4.41. The first-order valence-corrected chi connectivity index (χ1v) is 17.4. The van der Waals surface area contributed by atoms with Crippen LogP contribution in [0.25, 0.3) is 0 Å². The topological polar surface area (TPSA) is 105 Å². The number of benzene rings is 4. The first-order valence-electron chi connectivity index (χ1n) is 15.9. The summed E-state index contributed by atoms with van der Waals surface area (Å²) < 4.78 is 54.8. The smallest absolute Gasteiger partial charge is 0.264 e. The third-order valence-electron chi connectivity index (χ3n) is 8.24. The molecule has 11 heteroatoms. The van der Waals surface area contributed by atoms with E-state index in [1.165, 1.54) is 35.2 Å². The molecule has 2 amide bonds. The Bertz CT molecular complexity index is 1820. The Morgan fingerprint density at radius 2 is 1.54 bits per heavy atom. The molecule has 1 heterocycles. The van der Waals surface area contributed by atoms with E-state index >= 15 is 0 Å². The van der Waals surface area contributed by atoms with Gasteiger partial charge in [-0.05, 0) is 67.8 Å². The predicted molar refractivity (Wildman–Crippen MR) is 182 cm³/mol. The predicted octanol–water partition coefficient (Wildman–Crippen LogP) is 5.66. The maximum atomic E-state index is 14.6. The molecule has 0 bridgehead atoms. The highest BCUT2D eigenvalue weighted by molar-refractivity contribution is 7.92. The fourth-order valence-electron chi connectivity index (χ4n) is 5.33. The summed E-state index contributed by atoms with van der Waals surface area (Å²) in [6, 6.07) is 25.0. The van der Waals surface area contributed by atoms with Crippen molar-refractivity contribution in [3.63, 3.8) is 0 Å². The van der Waals surface area contributed by atoms with Crippen LogP contribution in [0.4, 0.5) is 10.1 Å². The van der Waals surface area contributed by atoms with Crippen LogP contribution in [0.5, 0.6) is 11.5 Å². The lowest BCUT2D eigenvalue weighted by Crippen LogP contribution is -2.54. The zero-order chi connectivity index (χ0) is 34.3. The second kappa shape index (κ2) is 15.3. The highest BCUT2D eigenvalue weighted by atomic mass is 32.2. The van der Waals surface area contributed by atoms with Crippen molar-refractivity contribution in [1.82, 2.24) is 10.2 Å². The van der Waals surface area contributed by atoms with Crippen LogP contribution in [0.2, 0.25) is 0 Å². The summed E-state index contributed by atoms with van der Waals surface area (Å²) in [5, 5.41) is 3.02. The fraction of sp³-hybridized carbons (Fsp3) is 0.297. The molecule has 5 rings (SSSR count). The molecule has 1 aliphatic rings. The Morgan fingerprint density at radius 1 is 0.875 bits per heavy atom. The number of hydrogen-bond acceptors (Lipinski definition) is 6. The van der Waals surface area contributed by atoms with Crippen LogP contribution in [-0.2, 0) is 32.6 Å². The van der Waals surface area contributed by atoms with Gasteiger partial charge in [0.15, 0.2) is 11.5 Å². The van der Waals surface area contributed by atoms with Gasteiger partial charge in [0, 0.05) is 25.1 Å². The number of hydrogen-bond donors (Lipinski definition) is 1. The second-order valence-corrected chi connectivity index (χ2v) is 13.7. The number of aryl methyl sites for hydroxylation is 1. The number of anilines is 1. The number of fused-ring (bicyclic) bond motifs is 1. The van der Waals surface area contributed by atoms with Gasteiger partial charge in [0.2, 0.25) is 11.8 Å². The average Bonchev–Trinajstić information content (AvgIpc) is 3.10. The van der Waals surface area contributed by atoms with E-state index in [-0.39, 0.29) is 47.9 Å². The molecule has 2 atom stereocenters. The number of halogens is 1. The molecule has 4 aromatic carbocycles. The molecule has 1 N–H and O–H groups in total. The number of amides is 2. The summed E-state index contributed by atoms with van der Waals surface area (Å²) in [5.41, 5.74) is 2.72. The Labute approximate surface area is 281 Å². The van der Waals surface area contributed by atoms with Gasteiger partial charge >= 0.3 is 0 Å². The van der Waals surface area contributed by atoms with Gasteiger partial charge in [-0.2, -0.15) is 0 Å². The summed E-state index contributed by atoms with van der Waals surface area (Å²) in [5.74, 6) is -0.853. The lowest BCUT2D eigenvalue weighted by atomic mass is 10.0. The van der Waals surface area contributed by atoms with Crippen molar-refractivity contribution in [1.29, 1.82) is 0 Å². The quantitative estimate of drug-likeness (QED) is 0.197. The SMILES string of the molecule is CC[C@H](C)NC(=O)[C@H](Cc1ccccc1)N(Cc1ccc(C)cc1)C(=O)CN(c1ccc(F)cc1)S(=O)(=O)c1ccc2c(c1)OCCO2. The van der Waals surface area contributed by atoms with E-state index in [0.29, 0.717) is 18.8 Å². The molecule has 0 spiro atoms. The molecule has 4 aromatic rings. The molecular formula is C37H40FN3O6S. The monoisotopic (exact) mass is 673 g/mol. The largest absolute Gasteiger partial charge is 0.486 e. The first-order chi connectivity index (χ1) is 23.0. The van der Waals surface area contributed by atoms with Crippen molar-refractivity contribution in [3.8, 4) is 11.5 Å². The van der Waals surface area contributed by atoms with Gasteiger partial charge in [0.05, 0.1) is 10.6 Å². The Balaban J connectivity index is 1.57. The summed E-state index contributed by atoms with van der Waals surface area (Å²) in [4.78, 5) is 29.8. The fourth-order valence-corrected chi connectivity index (χ4v) is 6.76. The van der Waals surface area contributed by atoms with Crippen LogP contribution in [0.3, 0.4) is 0 Å². The van der Waals surface area contributed by atoms with Crippen LogP contribution >= 0.6 is 0 Å². The number of ether oxygens (including phenoxy) is 2. The maximum Gasteiger partial charge on any atom is 0.264 e. The summed E-state index contributed by atoms with van der Waals surface area (Å²) >= 11 is 0. The van der Waals surface area contributed by atoms with Gasteiger partial charge in [-0.25, -0.2) is 12.8 Å². The number of sulfonamides is 1. The molecule has 48 heavy (non-hydrogen) atoms. The van der Waals surface area contributed by atoms with E-state index < -0.39 is 34.3 Å². The average molecular weight is 674 g/mol. The number of nitrogens with zero attached hydrogens (tertiary/aromatic N) is 2. The number of carbonyl (C=O) groups is 2. The standard InChI is InChI=1S/C37H40FN3O6S/c1-4-27(3)39-37(43)33(22-28-8-6-5-7-9-28)40(24-29-12-10-26(2)11-13-29)36(42)25-41(31-16-14-30(38)15-17-31)48(44,45)32-18-19-34-35(23-32)47-21-20-46-34/h5-19,23,27,33H,4,20-22,24-25H2,1-3H3,(H,39,43)/t27-,33-/m0/s1. The van der Waals surface area contributed by atoms with Gasteiger partial charge in [0.25, 0.3) is 10.0 Å². The van der Waals surface area contributed by atoms with E-state index in [4.69, 9.17) is 9.47 Å². The van der Waals surface area contributed by atoms with Crippen LogP contribution in [0.1, 0.15) is 37.0 Å². The molecule has 9 nitrogen and oxygen atoms in total. The molecule has 0 aliphatic carbocycles. The highest BCUT2D eigenvalue weighted by Gasteiger charge is 2.35. The zero-order valence-electron chi connectivity index (χ0n) is 27.3. The minimum absolute atomic E-state index is 0.0475. The van der Waals surface area contributed by atoms with Gasteiger partial charge < -0.3 is 19.7 Å². The normalized spacial score (nSPS) is 13.7. The second-order valence-electron chi connectivity index (χ2n) is 11.8. The molecule has 0 unspecified atom stereocenters. The number of rotatable bonds is 13. The third-order valence-corrected chi connectivity index (χ3v) is 10.0. The molecule has 1 aliphatic heterocycles. The summed E-state index contributed by atoms with van der Waals surface area (Å²) in [6.45, 7) is 5.78. The molecule has 0 aromatic heterocycles. The molecule has 0 radical (unpaired) electrons. The van der Waals surface area contributed by atoms with E-state index in [9.17, 15) is 22.4 Å². The Hall–Kier alpha value is -4.90. The minimum Gasteiger partial charge on any atom is -0.486 e. The highest BCUT2D eigenvalue weighted by Crippen LogP contribution is 2.34. The van der Waals surface area contributed by atoms with Crippen molar-refractivity contribution >= 4 is 27.5 Å². The summed E-state index contributed by atoms with van der Waals surface area (Å²) in [6.07, 6.45) is 0.883. The first kappa shape index (κ1) is 34.4. The van der Waals surface area contributed by atoms with E-state index in [0.717, 1.165) is 33.1 Å².